The fraction of sp³-hybridized carbons (Fsp3) is 0.143. The number of anilines is 2. The third-order valence-corrected chi connectivity index (χ3v) is 4.70. The number of fused-ring (bicyclic) bond motifs is 1. The van der Waals surface area contributed by atoms with Crippen molar-refractivity contribution in [3.63, 3.8) is 0 Å². The summed E-state index contributed by atoms with van der Waals surface area (Å²) in [5.41, 5.74) is 3.54. The lowest BCUT2D eigenvalue weighted by Crippen LogP contribution is -1.98. The maximum Gasteiger partial charge on any atom is 0.181 e. The van der Waals surface area contributed by atoms with Gasteiger partial charge in [0.2, 0.25) is 0 Å². The topological polar surface area (TPSA) is 83.8 Å². The number of hydrogen-bond acceptors (Lipinski definition) is 7. The van der Waals surface area contributed by atoms with E-state index in [2.05, 4.69) is 29.9 Å². The molecule has 0 amide bonds. The van der Waals surface area contributed by atoms with E-state index in [1.54, 1.807) is 18.0 Å². The fourth-order valence-electron chi connectivity index (χ4n) is 2.23. The number of nitrogens with one attached hydrogen (secondary N) is 2. The van der Waals surface area contributed by atoms with Crippen molar-refractivity contribution in [2.45, 2.75) is 11.9 Å². The molecule has 0 saturated carbocycles. The van der Waals surface area contributed by atoms with Gasteiger partial charge in [-0.05, 0) is 30.8 Å². The van der Waals surface area contributed by atoms with Crippen LogP contribution in [0, 0.1) is 6.92 Å². The number of imidazole rings is 1. The number of hydrogen-bond donors (Lipinski definition) is 2. The van der Waals surface area contributed by atoms with Gasteiger partial charge in [-0.25, -0.2) is 9.97 Å². The molecule has 4 aromatic rings. The molecule has 0 spiro atoms. The first kappa shape index (κ1) is 14.2. The average Bonchev–Trinajstić information content (AvgIpc) is 3.26. The van der Waals surface area contributed by atoms with E-state index in [9.17, 15) is 0 Å². The van der Waals surface area contributed by atoms with Gasteiger partial charge in [0.15, 0.2) is 11.5 Å². The average molecular weight is 343 g/mol. The maximum atomic E-state index is 4.69. The predicted molar refractivity (Wildman–Crippen MR) is 92.5 cm³/mol. The zero-order valence-electron chi connectivity index (χ0n) is 12.4. The van der Waals surface area contributed by atoms with E-state index < -0.39 is 0 Å². The molecule has 4 rings (SSSR count). The SMILES string of the molecule is CSc1cn2cc(-c3cn[nH]c3)nc2c(Nc2cc(C)ns2)n1. The van der Waals surface area contributed by atoms with Crippen molar-refractivity contribution >= 4 is 39.8 Å². The first-order valence-corrected chi connectivity index (χ1v) is 8.86. The molecule has 4 heterocycles. The highest BCUT2D eigenvalue weighted by Gasteiger charge is 2.13. The quantitative estimate of drug-likeness (QED) is 0.553. The van der Waals surface area contributed by atoms with Gasteiger partial charge in [-0.1, -0.05) is 0 Å². The van der Waals surface area contributed by atoms with Crippen LogP contribution in [0.5, 0.6) is 0 Å². The summed E-state index contributed by atoms with van der Waals surface area (Å²) in [7, 11) is 0. The second-order valence-corrected chi connectivity index (χ2v) is 6.56. The van der Waals surface area contributed by atoms with Gasteiger partial charge in [-0.2, -0.15) is 9.47 Å². The van der Waals surface area contributed by atoms with Gasteiger partial charge < -0.3 is 9.72 Å². The minimum absolute atomic E-state index is 0.718. The summed E-state index contributed by atoms with van der Waals surface area (Å²) < 4.78 is 6.27. The number of H-pyrrole nitrogens is 1. The van der Waals surface area contributed by atoms with Crippen LogP contribution in [0.1, 0.15) is 5.69 Å². The summed E-state index contributed by atoms with van der Waals surface area (Å²) >= 11 is 3.00. The molecule has 0 atom stereocenters. The molecule has 9 heteroatoms. The number of aromatic amines is 1. The molecule has 116 valence electrons. The molecule has 0 bridgehead atoms. The molecule has 0 aliphatic rings. The lowest BCUT2D eigenvalue weighted by molar-refractivity contribution is 1.03. The first-order chi connectivity index (χ1) is 11.2. The minimum Gasteiger partial charge on any atom is -0.328 e. The zero-order chi connectivity index (χ0) is 15.8. The fourth-order valence-corrected chi connectivity index (χ4v) is 3.29. The van der Waals surface area contributed by atoms with Gasteiger partial charge in [-0.3, -0.25) is 5.10 Å². The number of thioether (sulfide) groups is 1. The molecule has 0 unspecified atom stereocenters. The van der Waals surface area contributed by atoms with Crippen molar-refractivity contribution < 1.29 is 0 Å². The van der Waals surface area contributed by atoms with E-state index >= 15 is 0 Å². The van der Waals surface area contributed by atoms with E-state index in [0.29, 0.717) is 0 Å². The van der Waals surface area contributed by atoms with E-state index in [0.717, 1.165) is 38.4 Å². The van der Waals surface area contributed by atoms with E-state index in [1.807, 2.05) is 42.2 Å². The Morgan fingerprint density at radius 1 is 1.30 bits per heavy atom. The molecule has 2 N–H and O–H groups in total. The molecule has 0 aliphatic heterocycles. The number of nitrogens with zero attached hydrogens (tertiary/aromatic N) is 5. The Morgan fingerprint density at radius 2 is 2.22 bits per heavy atom. The normalized spacial score (nSPS) is 11.2. The Labute approximate surface area is 140 Å². The Hall–Kier alpha value is -2.39. The summed E-state index contributed by atoms with van der Waals surface area (Å²) in [6, 6.07) is 1.99. The van der Waals surface area contributed by atoms with Crippen molar-refractivity contribution in [1.82, 2.24) is 28.9 Å². The van der Waals surface area contributed by atoms with Crippen molar-refractivity contribution in [1.29, 1.82) is 0 Å². The molecule has 0 fully saturated rings. The largest absolute Gasteiger partial charge is 0.328 e. The monoisotopic (exact) mass is 343 g/mol. The van der Waals surface area contributed by atoms with Gasteiger partial charge in [-0.15, -0.1) is 11.8 Å². The van der Waals surface area contributed by atoms with Crippen LogP contribution in [0.4, 0.5) is 10.8 Å². The Bertz CT molecular complexity index is 955. The lowest BCUT2D eigenvalue weighted by Gasteiger charge is -2.06. The van der Waals surface area contributed by atoms with Gasteiger partial charge in [0.1, 0.15) is 10.0 Å². The zero-order valence-corrected chi connectivity index (χ0v) is 14.1. The highest BCUT2D eigenvalue weighted by molar-refractivity contribution is 7.98. The number of aromatic nitrogens is 6. The Kier molecular flexibility index (Phi) is 3.50. The van der Waals surface area contributed by atoms with Crippen LogP contribution >= 0.6 is 23.3 Å². The highest BCUT2D eigenvalue weighted by atomic mass is 32.2. The van der Waals surface area contributed by atoms with Crippen molar-refractivity contribution in [2.75, 3.05) is 11.6 Å². The molecule has 0 radical (unpaired) electrons. The van der Waals surface area contributed by atoms with Gasteiger partial charge in [0.05, 0.1) is 17.6 Å². The minimum atomic E-state index is 0.718. The summed E-state index contributed by atoms with van der Waals surface area (Å²) in [5, 5.41) is 12.0. The van der Waals surface area contributed by atoms with Crippen LogP contribution in [0.2, 0.25) is 0 Å². The molecular weight excluding hydrogens is 330 g/mol. The summed E-state index contributed by atoms with van der Waals surface area (Å²) in [6.07, 6.45) is 9.53. The van der Waals surface area contributed by atoms with Crippen LogP contribution in [0.15, 0.2) is 35.9 Å². The van der Waals surface area contributed by atoms with Crippen LogP contribution < -0.4 is 5.32 Å². The molecule has 23 heavy (non-hydrogen) atoms. The van der Waals surface area contributed by atoms with Crippen LogP contribution in [-0.2, 0) is 0 Å². The van der Waals surface area contributed by atoms with Gasteiger partial charge in [0, 0.05) is 24.2 Å². The molecule has 0 aliphatic carbocycles. The Balaban J connectivity index is 1.84. The van der Waals surface area contributed by atoms with Crippen LogP contribution in [-0.4, -0.2) is 35.2 Å². The molecular formula is C14H13N7S2. The standard InChI is InChI=1S/C14H13N7S2/c1-8-3-11(23-20-8)18-13-14-17-10(9-4-15-16-5-9)6-21(14)7-12(19-13)22-2/h3-7H,1-2H3,(H,15,16)(H,18,19). The van der Waals surface area contributed by atoms with Crippen LogP contribution in [0.25, 0.3) is 16.9 Å². The van der Waals surface area contributed by atoms with E-state index in [-0.39, 0.29) is 0 Å². The van der Waals surface area contributed by atoms with Gasteiger partial charge in [0.25, 0.3) is 0 Å². The number of aryl methyl sites for hydroxylation is 1. The molecule has 0 aromatic carbocycles. The van der Waals surface area contributed by atoms with Gasteiger partial charge >= 0.3 is 0 Å². The Morgan fingerprint density at radius 3 is 2.91 bits per heavy atom. The smallest absolute Gasteiger partial charge is 0.181 e. The van der Waals surface area contributed by atoms with Crippen molar-refractivity contribution in [2.24, 2.45) is 0 Å². The van der Waals surface area contributed by atoms with E-state index in [4.69, 9.17) is 0 Å². The third kappa shape index (κ3) is 2.68. The van der Waals surface area contributed by atoms with Crippen molar-refractivity contribution in [3.8, 4) is 11.3 Å². The summed E-state index contributed by atoms with van der Waals surface area (Å²) in [4.78, 5) is 9.33. The molecule has 4 aromatic heterocycles. The summed E-state index contributed by atoms with van der Waals surface area (Å²) in [5.74, 6) is 0.718. The maximum absolute atomic E-state index is 4.69. The van der Waals surface area contributed by atoms with Crippen LogP contribution in [0.3, 0.4) is 0 Å². The second-order valence-electron chi connectivity index (χ2n) is 4.93. The first-order valence-electron chi connectivity index (χ1n) is 6.86. The molecule has 7 nitrogen and oxygen atoms in total. The summed E-state index contributed by atoms with van der Waals surface area (Å²) in [6.45, 7) is 1.97. The third-order valence-electron chi connectivity index (χ3n) is 3.29. The van der Waals surface area contributed by atoms with Crippen molar-refractivity contribution in [3.05, 3.63) is 36.5 Å². The molecule has 0 saturated heterocycles. The highest BCUT2D eigenvalue weighted by Crippen LogP contribution is 2.28. The predicted octanol–water partition coefficient (Wildman–Crippen LogP) is 3.35. The second kappa shape index (κ2) is 5.67. The lowest BCUT2D eigenvalue weighted by atomic mass is 10.3. The number of rotatable bonds is 4. The van der Waals surface area contributed by atoms with E-state index in [1.165, 1.54) is 11.5 Å².